The molecule has 0 saturated carbocycles. The lowest BCUT2D eigenvalue weighted by Crippen LogP contribution is -2.40. The number of carboxylic acid groups (broad SMARTS) is 1. The van der Waals surface area contributed by atoms with Crippen LogP contribution in [0.5, 0.6) is 0 Å². The molecule has 0 fully saturated rings. The molecule has 0 spiro atoms. The van der Waals surface area contributed by atoms with Crippen molar-refractivity contribution in [1.29, 1.82) is 0 Å². The van der Waals surface area contributed by atoms with E-state index in [1.807, 2.05) is 21.1 Å². The van der Waals surface area contributed by atoms with Crippen molar-refractivity contribution in [2.24, 2.45) is 0 Å². The minimum absolute atomic E-state index is 0.184. The van der Waals surface area contributed by atoms with Crippen molar-refractivity contribution in [1.82, 2.24) is 0 Å². The van der Waals surface area contributed by atoms with Gasteiger partial charge in [-0.2, -0.15) is 0 Å². The average molecular weight is 998 g/mol. The van der Waals surface area contributed by atoms with Crippen molar-refractivity contribution in [2.75, 3.05) is 47.5 Å². The SMILES string of the molecule is CC/C=C\C/C=C\C/C=C\C/C=C\CCCCCCCCCCCCCCCCCCCCC(=O)OC(COC(=O)CCCCCCC/C=C\C/C=C\CCCCC)COC(OCC[N+](C)(C)C)C(=O)O. The largest absolute Gasteiger partial charge is 0.477 e. The van der Waals surface area contributed by atoms with Gasteiger partial charge in [-0.05, 0) is 83.5 Å². The molecule has 0 amide bonds. The summed E-state index contributed by atoms with van der Waals surface area (Å²) in [5.41, 5.74) is 0. The van der Waals surface area contributed by atoms with Gasteiger partial charge in [0.25, 0.3) is 6.29 Å². The van der Waals surface area contributed by atoms with Crippen LogP contribution in [0.4, 0.5) is 0 Å². The molecule has 9 heteroatoms. The van der Waals surface area contributed by atoms with E-state index in [1.54, 1.807) is 0 Å². The topological polar surface area (TPSA) is 108 Å². The monoisotopic (exact) mass is 997 g/mol. The molecular formula is C62H110NO8+. The van der Waals surface area contributed by atoms with Gasteiger partial charge in [-0.1, -0.05) is 222 Å². The van der Waals surface area contributed by atoms with Crippen LogP contribution in [0.15, 0.2) is 72.9 Å². The van der Waals surface area contributed by atoms with Gasteiger partial charge >= 0.3 is 17.9 Å². The molecule has 0 aromatic rings. The first-order chi connectivity index (χ1) is 34.6. The number of carbonyl (C=O) groups is 3. The maximum Gasteiger partial charge on any atom is 0.361 e. The first-order valence-corrected chi connectivity index (χ1v) is 29.1. The predicted octanol–water partition coefficient (Wildman–Crippen LogP) is 17.0. The van der Waals surface area contributed by atoms with Crippen LogP contribution in [0, 0.1) is 0 Å². The Bertz CT molecular complexity index is 1390. The highest BCUT2D eigenvalue weighted by atomic mass is 16.7. The molecule has 0 aromatic carbocycles. The third kappa shape index (κ3) is 54.3. The van der Waals surface area contributed by atoms with E-state index < -0.39 is 24.3 Å². The number of rotatable bonds is 53. The van der Waals surface area contributed by atoms with Crippen LogP contribution in [-0.4, -0.2) is 87.4 Å². The van der Waals surface area contributed by atoms with Crippen molar-refractivity contribution in [2.45, 2.75) is 257 Å². The molecule has 410 valence electrons. The van der Waals surface area contributed by atoms with E-state index in [1.165, 1.54) is 128 Å². The van der Waals surface area contributed by atoms with E-state index in [4.69, 9.17) is 18.9 Å². The van der Waals surface area contributed by atoms with Crippen LogP contribution in [0.3, 0.4) is 0 Å². The first kappa shape index (κ1) is 67.7. The summed E-state index contributed by atoms with van der Waals surface area (Å²) in [6, 6.07) is 0. The van der Waals surface area contributed by atoms with E-state index in [9.17, 15) is 19.5 Å². The number of aliphatic carboxylic acids is 1. The number of carbonyl (C=O) groups excluding carboxylic acids is 2. The Labute approximate surface area is 437 Å². The van der Waals surface area contributed by atoms with E-state index in [0.717, 1.165) is 89.9 Å². The lowest BCUT2D eigenvalue weighted by molar-refractivity contribution is -0.870. The van der Waals surface area contributed by atoms with E-state index in [0.29, 0.717) is 11.0 Å². The van der Waals surface area contributed by atoms with E-state index in [-0.39, 0.29) is 38.6 Å². The van der Waals surface area contributed by atoms with Crippen LogP contribution in [0.25, 0.3) is 0 Å². The molecule has 9 nitrogen and oxygen atoms in total. The molecule has 0 aliphatic rings. The number of carboxylic acids is 1. The van der Waals surface area contributed by atoms with Gasteiger partial charge in [0.05, 0.1) is 34.4 Å². The number of esters is 2. The lowest BCUT2D eigenvalue weighted by Gasteiger charge is -2.25. The zero-order chi connectivity index (χ0) is 52.0. The van der Waals surface area contributed by atoms with Crippen molar-refractivity contribution in [3.63, 3.8) is 0 Å². The van der Waals surface area contributed by atoms with Gasteiger partial charge in [0.2, 0.25) is 0 Å². The van der Waals surface area contributed by atoms with Crippen LogP contribution in [0.2, 0.25) is 0 Å². The molecule has 2 atom stereocenters. The Morgan fingerprint density at radius 2 is 0.803 bits per heavy atom. The second kappa shape index (κ2) is 53.0. The highest BCUT2D eigenvalue weighted by molar-refractivity contribution is 5.71. The fourth-order valence-corrected chi connectivity index (χ4v) is 7.98. The third-order valence-electron chi connectivity index (χ3n) is 12.4. The van der Waals surface area contributed by atoms with Crippen molar-refractivity contribution in [3.8, 4) is 0 Å². The smallest absolute Gasteiger partial charge is 0.361 e. The minimum Gasteiger partial charge on any atom is -0.477 e. The highest BCUT2D eigenvalue weighted by Crippen LogP contribution is 2.16. The normalized spacial score (nSPS) is 13.3. The van der Waals surface area contributed by atoms with Crippen molar-refractivity contribution < 1.29 is 42.9 Å². The number of nitrogens with zero attached hydrogens (tertiary/aromatic N) is 1. The molecular weight excluding hydrogens is 887 g/mol. The summed E-state index contributed by atoms with van der Waals surface area (Å²) < 4.78 is 22.8. The zero-order valence-electron chi connectivity index (χ0n) is 46.6. The Kier molecular flexibility index (Phi) is 50.6. The molecule has 1 N–H and O–H groups in total. The van der Waals surface area contributed by atoms with Gasteiger partial charge in [0, 0.05) is 12.8 Å². The van der Waals surface area contributed by atoms with Crippen LogP contribution >= 0.6 is 0 Å². The van der Waals surface area contributed by atoms with Crippen molar-refractivity contribution in [3.05, 3.63) is 72.9 Å². The number of hydrogen-bond donors (Lipinski definition) is 1. The number of ether oxygens (including phenoxy) is 4. The van der Waals surface area contributed by atoms with Gasteiger partial charge in [0.1, 0.15) is 13.2 Å². The van der Waals surface area contributed by atoms with Crippen molar-refractivity contribution >= 4 is 17.9 Å². The second-order valence-electron chi connectivity index (χ2n) is 20.6. The van der Waals surface area contributed by atoms with Gasteiger partial charge in [-0.25, -0.2) is 4.79 Å². The Hall–Kier alpha value is -3.27. The summed E-state index contributed by atoms with van der Waals surface area (Å²) in [4.78, 5) is 37.4. The molecule has 0 heterocycles. The summed E-state index contributed by atoms with van der Waals surface area (Å²) in [6.45, 7) is 4.73. The maximum absolute atomic E-state index is 12.9. The Balaban J connectivity index is 4.14. The van der Waals surface area contributed by atoms with Crippen LogP contribution < -0.4 is 0 Å². The molecule has 2 unspecified atom stereocenters. The molecule has 0 saturated heterocycles. The van der Waals surface area contributed by atoms with Gasteiger partial charge in [-0.3, -0.25) is 9.59 Å². The van der Waals surface area contributed by atoms with E-state index >= 15 is 0 Å². The molecule has 0 aliphatic heterocycles. The number of quaternary nitrogens is 1. The zero-order valence-corrected chi connectivity index (χ0v) is 46.6. The molecule has 0 radical (unpaired) electrons. The first-order valence-electron chi connectivity index (χ1n) is 29.1. The van der Waals surface area contributed by atoms with Crippen LogP contribution in [-0.2, 0) is 33.3 Å². The lowest BCUT2D eigenvalue weighted by atomic mass is 10.0. The summed E-state index contributed by atoms with van der Waals surface area (Å²) in [7, 11) is 5.96. The quantitative estimate of drug-likeness (QED) is 0.0211. The number of likely N-dealkylation sites (N-methyl/N-ethyl adjacent to an activating group) is 1. The van der Waals surface area contributed by atoms with Gasteiger partial charge in [0.15, 0.2) is 6.10 Å². The number of hydrogen-bond acceptors (Lipinski definition) is 7. The second-order valence-corrected chi connectivity index (χ2v) is 20.6. The molecule has 0 aliphatic carbocycles. The fourth-order valence-electron chi connectivity index (χ4n) is 7.98. The summed E-state index contributed by atoms with van der Waals surface area (Å²) in [5.74, 6) is -2.02. The molecule has 0 rings (SSSR count). The predicted molar refractivity (Wildman–Crippen MR) is 299 cm³/mol. The standard InChI is InChI=1S/C62H109NO8/c1-6-8-10-12-14-16-18-20-22-23-24-25-26-27-28-29-30-31-32-33-34-35-36-37-39-41-43-45-47-49-51-53-60(65)71-58(57-70-62(61(66)67)68-55-54-63(3,4)5)56-69-59(64)52-50-48-46-44-42-40-38-21-19-17-15-13-11-9-7-2/h8,10,14-17,20-22,24-25,38,58,62H,6-7,9,11-13,18-19,23,26-37,39-57H2,1-5H3/p+1/b10-8-,16-14-,17-15-,22-20-,25-24-,38-21-. The Morgan fingerprint density at radius 3 is 1.20 bits per heavy atom. The highest BCUT2D eigenvalue weighted by Gasteiger charge is 2.25. The van der Waals surface area contributed by atoms with E-state index in [2.05, 4.69) is 86.8 Å². The summed E-state index contributed by atoms with van der Waals surface area (Å²) >= 11 is 0. The third-order valence-corrected chi connectivity index (χ3v) is 12.4. The molecule has 0 bridgehead atoms. The number of unbranched alkanes of at least 4 members (excludes halogenated alkanes) is 26. The van der Waals surface area contributed by atoms with Crippen LogP contribution in [0.1, 0.15) is 245 Å². The number of allylic oxidation sites excluding steroid dienone is 12. The summed E-state index contributed by atoms with van der Waals surface area (Å²) in [6.07, 6.45) is 65.6. The molecule has 71 heavy (non-hydrogen) atoms. The van der Waals surface area contributed by atoms with Gasteiger partial charge in [-0.15, -0.1) is 0 Å². The Morgan fingerprint density at radius 1 is 0.437 bits per heavy atom. The molecule has 0 aromatic heterocycles. The fraction of sp³-hybridized carbons (Fsp3) is 0.758. The minimum atomic E-state index is -1.51. The van der Waals surface area contributed by atoms with Gasteiger partial charge < -0.3 is 28.5 Å². The summed E-state index contributed by atoms with van der Waals surface area (Å²) in [5, 5.41) is 9.69. The average Bonchev–Trinajstić information content (AvgIpc) is 3.34. The maximum atomic E-state index is 12.9.